The molecule has 168 valence electrons. The number of hydrogen-bond acceptors (Lipinski definition) is 7. The van der Waals surface area contributed by atoms with E-state index in [9.17, 15) is 9.59 Å². The topological polar surface area (TPSA) is 67.2 Å². The van der Waals surface area contributed by atoms with Gasteiger partial charge in [-0.3, -0.25) is 18.9 Å². The van der Waals surface area contributed by atoms with Crippen LogP contribution in [0.4, 0.5) is 5.82 Å². The van der Waals surface area contributed by atoms with Gasteiger partial charge in [0.15, 0.2) is 0 Å². The summed E-state index contributed by atoms with van der Waals surface area (Å²) >= 11 is 6.72. The Kier molecular flexibility index (Phi) is 5.90. The minimum absolute atomic E-state index is 0.192. The van der Waals surface area contributed by atoms with Crippen LogP contribution in [0.2, 0.25) is 0 Å². The van der Waals surface area contributed by atoms with E-state index in [1.807, 2.05) is 36.4 Å². The van der Waals surface area contributed by atoms with Gasteiger partial charge in [-0.05, 0) is 48.7 Å². The molecular weight excluding hydrogens is 456 g/mol. The second kappa shape index (κ2) is 8.99. The van der Waals surface area contributed by atoms with E-state index in [4.69, 9.17) is 21.9 Å². The molecule has 1 aromatic carbocycles. The minimum Gasteiger partial charge on any atom is -0.497 e. The van der Waals surface area contributed by atoms with Gasteiger partial charge in [0.05, 0.1) is 24.1 Å². The van der Waals surface area contributed by atoms with Gasteiger partial charge in [0.2, 0.25) is 0 Å². The number of carbonyl (C=O) groups excluding carboxylic acids is 1. The number of methoxy groups -OCH3 is 1. The van der Waals surface area contributed by atoms with Crippen molar-refractivity contribution in [1.82, 2.24) is 14.3 Å². The van der Waals surface area contributed by atoms with E-state index in [0.29, 0.717) is 32.8 Å². The zero-order chi connectivity index (χ0) is 22.9. The average molecular weight is 479 g/mol. The molecule has 7 nitrogen and oxygen atoms in total. The predicted molar refractivity (Wildman–Crippen MR) is 135 cm³/mol. The summed E-state index contributed by atoms with van der Waals surface area (Å²) in [6, 6.07) is 13.0. The molecule has 0 bridgehead atoms. The first kappa shape index (κ1) is 21.7. The number of benzene rings is 1. The lowest BCUT2D eigenvalue weighted by Gasteiger charge is -2.19. The molecule has 0 radical (unpaired) electrons. The third kappa shape index (κ3) is 4.14. The lowest BCUT2D eigenvalue weighted by atomic mass is 10.2. The van der Waals surface area contributed by atoms with Gasteiger partial charge in [-0.1, -0.05) is 42.2 Å². The Hall–Kier alpha value is -3.17. The van der Waals surface area contributed by atoms with Gasteiger partial charge in [0.1, 0.15) is 21.5 Å². The van der Waals surface area contributed by atoms with Crippen LogP contribution in [0.1, 0.15) is 24.0 Å². The molecule has 2 aliphatic rings. The zero-order valence-corrected chi connectivity index (χ0v) is 19.7. The molecule has 5 rings (SSSR count). The van der Waals surface area contributed by atoms with Crippen LogP contribution in [-0.4, -0.2) is 44.7 Å². The van der Waals surface area contributed by atoms with E-state index in [1.165, 1.54) is 16.2 Å². The van der Waals surface area contributed by atoms with E-state index in [-0.39, 0.29) is 11.5 Å². The molecule has 3 aromatic rings. The summed E-state index contributed by atoms with van der Waals surface area (Å²) in [5, 5.41) is 0. The van der Waals surface area contributed by atoms with Crippen LogP contribution in [-0.2, 0) is 11.3 Å². The Bertz CT molecular complexity index is 1330. The molecule has 0 saturated carbocycles. The fraction of sp³-hybridized carbons (Fsp3) is 0.250. The first-order chi connectivity index (χ1) is 16.0. The molecule has 0 unspecified atom stereocenters. The van der Waals surface area contributed by atoms with Gasteiger partial charge in [0.25, 0.3) is 11.5 Å². The fourth-order valence-corrected chi connectivity index (χ4v) is 5.31. The van der Waals surface area contributed by atoms with Crippen molar-refractivity contribution in [3.8, 4) is 5.75 Å². The van der Waals surface area contributed by atoms with Crippen molar-refractivity contribution in [2.45, 2.75) is 19.4 Å². The second-order valence-corrected chi connectivity index (χ2v) is 9.57. The van der Waals surface area contributed by atoms with Crippen molar-refractivity contribution in [2.75, 3.05) is 25.1 Å². The molecule has 0 aliphatic carbocycles. The number of thiocarbonyl (C=S) groups is 1. The number of nitrogens with zero attached hydrogens (tertiary/aromatic N) is 4. The molecule has 2 aromatic heterocycles. The van der Waals surface area contributed by atoms with Gasteiger partial charge < -0.3 is 9.64 Å². The number of ether oxygens (including phenoxy) is 1. The first-order valence-electron chi connectivity index (χ1n) is 10.7. The van der Waals surface area contributed by atoms with Crippen LogP contribution >= 0.6 is 24.0 Å². The van der Waals surface area contributed by atoms with Crippen molar-refractivity contribution < 1.29 is 9.53 Å². The monoisotopic (exact) mass is 478 g/mol. The molecule has 4 heterocycles. The predicted octanol–water partition coefficient (Wildman–Crippen LogP) is 3.70. The molecular formula is C24H22N4O3S2. The normalized spacial score (nSPS) is 17.5. The Morgan fingerprint density at radius 2 is 1.88 bits per heavy atom. The van der Waals surface area contributed by atoms with Crippen molar-refractivity contribution in [2.24, 2.45) is 0 Å². The summed E-state index contributed by atoms with van der Waals surface area (Å²) in [5.41, 5.74) is 1.76. The number of pyridine rings is 1. The number of hydrogen-bond donors (Lipinski definition) is 0. The summed E-state index contributed by atoms with van der Waals surface area (Å²) in [6.45, 7) is 2.05. The van der Waals surface area contributed by atoms with Crippen LogP contribution in [0.15, 0.2) is 58.4 Å². The quantitative estimate of drug-likeness (QED) is 0.409. The summed E-state index contributed by atoms with van der Waals surface area (Å²) < 4.78 is 7.19. The van der Waals surface area contributed by atoms with Gasteiger partial charge >= 0.3 is 0 Å². The van der Waals surface area contributed by atoms with Gasteiger partial charge in [-0.2, -0.15) is 0 Å². The third-order valence-electron chi connectivity index (χ3n) is 5.80. The highest BCUT2D eigenvalue weighted by Crippen LogP contribution is 2.35. The first-order valence-corrected chi connectivity index (χ1v) is 11.9. The smallest absolute Gasteiger partial charge is 0.267 e. The highest BCUT2D eigenvalue weighted by atomic mass is 32.2. The highest BCUT2D eigenvalue weighted by Gasteiger charge is 2.33. The van der Waals surface area contributed by atoms with Crippen LogP contribution in [0.5, 0.6) is 5.75 Å². The number of amides is 1. The van der Waals surface area contributed by atoms with Crippen molar-refractivity contribution in [3.05, 3.63) is 75.0 Å². The third-order valence-corrected chi connectivity index (χ3v) is 7.18. The summed E-state index contributed by atoms with van der Waals surface area (Å²) in [7, 11) is 1.61. The number of carbonyl (C=O) groups is 1. The molecule has 0 spiro atoms. The second-order valence-electron chi connectivity index (χ2n) is 7.89. The largest absolute Gasteiger partial charge is 0.497 e. The molecule has 33 heavy (non-hydrogen) atoms. The number of rotatable bonds is 5. The van der Waals surface area contributed by atoms with Crippen molar-refractivity contribution in [3.63, 3.8) is 0 Å². The van der Waals surface area contributed by atoms with Crippen LogP contribution in [0, 0.1) is 0 Å². The Balaban J connectivity index is 1.52. The van der Waals surface area contributed by atoms with Crippen LogP contribution < -0.4 is 15.2 Å². The Morgan fingerprint density at radius 1 is 1.12 bits per heavy atom. The molecule has 2 aliphatic heterocycles. The molecule has 2 fully saturated rings. The molecule has 0 N–H and O–H groups in total. The van der Waals surface area contributed by atoms with Crippen molar-refractivity contribution >= 4 is 51.7 Å². The molecule has 0 atom stereocenters. The van der Waals surface area contributed by atoms with Crippen LogP contribution in [0.25, 0.3) is 11.7 Å². The van der Waals surface area contributed by atoms with Gasteiger partial charge in [-0.25, -0.2) is 4.98 Å². The number of fused-ring (bicyclic) bond motifs is 1. The highest BCUT2D eigenvalue weighted by molar-refractivity contribution is 8.26. The van der Waals surface area contributed by atoms with E-state index >= 15 is 0 Å². The van der Waals surface area contributed by atoms with Gasteiger partial charge in [0, 0.05) is 19.3 Å². The summed E-state index contributed by atoms with van der Waals surface area (Å²) in [4.78, 5) is 35.5. The molecule has 9 heteroatoms. The van der Waals surface area contributed by atoms with E-state index < -0.39 is 0 Å². The molecule has 1 amide bonds. The number of aromatic nitrogens is 2. The fourth-order valence-electron chi connectivity index (χ4n) is 4.07. The maximum absolute atomic E-state index is 13.4. The minimum atomic E-state index is -0.203. The van der Waals surface area contributed by atoms with E-state index in [0.717, 1.165) is 37.2 Å². The van der Waals surface area contributed by atoms with Crippen molar-refractivity contribution in [1.29, 1.82) is 0 Å². The standard InChI is InChI=1S/C24H22N4O3S2/c1-31-17-9-7-16(8-10-17)15-28-23(30)19(33-24(28)32)14-18-21(26-11-4-5-12-26)25-20-6-2-3-13-27(20)22(18)29/h2-3,6-10,13-14H,4-5,11-12,15H2,1H3. The molecule has 2 saturated heterocycles. The Labute approximate surface area is 200 Å². The number of thioether (sulfide) groups is 1. The lowest BCUT2D eigenvalue weighted by molar-refractivity contribution is -0.122. The number of anilines is 1. The van der Waals surface area contributed by atoms with E-state index in [1.54, 1.807) is 30.3 Å². The Morgan fingerprint density at radius 3 is 2.61 bits per heavy atom. The summed E-state index contributed by atoms with van der Waals surface area (Å²) in [6.07, 6.45) is 5.47. The average Bonchev–Trinajstić information content (AvgIpc) is 3.46. The maximum Gasteiger partial charge on any atom is 0.267 e. The zero-order valence-electron chi connectivity index (χ0n) is 18.1. The maximum atomic E-state index is 13.4. The van der Waals surface area contributed by atoms with Gasteiger partial charge in [-0.15, -0.1) is 0 Å². The SMILES string of the molecule is COc1ccc(CN2C(=O)C(=Cc3c(N4CCCC4)nc4ccccn4c3=O)SC2=S)cc1. The van der Waals surface area contributed by atoms with E-state index in [2.05, 4.69) is 4.90 Å². The summed E-state index contributed by atoms with van der Waals surface area (Å²) in [5.74, 6) is 1.18. The van der Waals surface area contributed by atoms with Crippen LogP contribution in [0.3, 0.4) is 0 Å². The lowest BCUT2D eigenvalue weighted by Crippen LogP contribution is -2.28.